The minimum atomic E-state index is -3.40. The normalized spacial score (nSPS) is 15.1. The molecule has 0 radical (unpaired) electrons. The van der Waals surface area contributed by atoms with E-state index in [1.54, 1.807) is 18.2 Å². The second kappa shape index (κ2) is 7.89. The van der Waals surface area contributed by atoms with Gasteiger partial charge in [-0.15, -0.1) is 0 Å². The van der Waals surface area contributed by atoms with Gasteiger partial charge in [-0.1, -0.05) is 19.1 Å². The monoisotopic (exact) mass is 314 g/mol. The summed E-state index contributed by atoms with van der Waals surface area (Å²) in [5.74, 6) is 0.381. The van der Waals surface area contributed by atoms with Crippen LogP contribution in [0.5, 0.6) is 0 Å². The molecule has 0 amide bonds. The Hall–Kier alpha value is -0.950. The molecule has 1 rings (SSSR count). The second-order valence-corrected chi connectivity index (χ2v) is 7.76. The highest BCUT2D eigenvalue weighted by molar-refractivity contribution is 7.89. The molecule has 0 aromatic heterocycles. The van der Waals surface area contributed by atoms with Gasteiger partial charge in [0, 0.05) is 26.7 Å². The summed E-state index contributed by atoms with van der Waals surface area (Å²) in [7, 11) is -0.344. The summed E-state index contributed by atoms with van der Waals surface area (Å²) in [5, 5.41) is 12.3. The van der Waals surface area contributed by atoms with Crippen LogP contribution < -0.4 is 5.32 Å². The molecule has 0 heterocycles. The first-order chi connectivity index (χ1) is 9.78. The van der Waals surface area contributed by atoms with E-state index in [-0.39, 0.29) is 12.6 Å². The largest absolute Gasteiger partial charge is 0.396 e. The van der Waals surface area contributed by atoms with Crippen LogP contribution in [0.2, 0.25) is 0 Å². The van der Waals surface area contributed by atoms with Gasteiger partial charge in [0.2, 0.25) is 10.0 Å². The Morgan fingerprint density at radius 3 is 2.52 bits per heavy atom. The lowest BCUT2D eigenvalue weighted by atomic mass is 10.1. The third-order valence-corrected chi connectivity index (χ3v) is 5.34. The Morgan fingerprint density at radius 1 is 1.29 bits per heavy atom. The molecule has 0 fully saturated rings. The van der Waals surface area contributed by atoms with Crippen LogP contribution in [0.4, 0.5) is 0 Å². The molecule has 1 aromatic rings. The van der Waals surface area contributed by atoms with Gasteiger partial charge >= 0.3 is 0 Å². The van der Waals surface area contributed by atoms with Crippen LogP contribution >= 0.6 is 0 Å². The quantitative estimate of drug-likeness (QED) is 0.765. The van der Waals surface area contributed by atoms with E-state index in [1.807, 2.05) is 13.0 Å². The van der Waals surface area contributed by atoms with Gasteiger partial charge < -0.3 is 10.4 Å². The summed E-state index contributed by atoms with van der Waals surface area (Å²) in [6.45, 7) is 5.05. The molecule has 2 N–H and O–H groups in total. The predicted octanol–water partition coefficient (Wildman–Crippen LogP) is 1.61. The standard InChI is InChI=1S/C15H26N2O3S/c1-12(8-9-18)11-16-13(2)14-6-5-7-15(10-14)21(19,20)17(3)4/h5-7,10,12-13,16,18H,8-9,11H2,1-4H3. The number of benzene rings is 1. The Labute approximate surface area is 128 Å². The van der Waals surface area contributed by atoms with Crippen molar-refractivity contribution in [3.63, 3.8) is 0 Å². The lowest BCUT2D eigenvalue weighted by molar-refractivity contribution is 0.258. The van der Waals surface area contributed by atoms with Crippen molar-refractivity contribution in [2.24, 2.45) is 5.92 Å². The molecule has 0 aliphatic heterocycles. The molecule has 0 aliphatic carbocycles. The molecular weight excluding hydrogens is 288 g/mol. The average Bonchev–Trinajstić information content (AvgIpc) is 2.45. The molecule has 0 saturated carbocycles. The van der Waals surface area contributed by atoms with E-state index in [4.69, 9.17) is 5.11 Å². The molecular formula is C15H26N2O3S. The lowest BCUT2D eigenvalue weighted by Crippen LogP contribution is -2.26. The molecule has 21 heavy (non-hydrogen) atoms. The van der Waals surface area contributed by atoms with E-state index in [1.165, 1.54) is 18.4 Å². The van der Waals surface area contributed by atoms with Gasteiger partial charge in [0.05, 0.1) is 4.90 Å². The zero-order valence-electron chi connectivity index (χ0n) is 13.2. The van der Waals surface area contributed by atoms with Crippen LogP contribution in [0.15, 0.2) is 29.2 Å². The number of aliphatic hydroxyl groups excluding tert-OH is 1. The lowest BCUT2D eigenvalue weighted by Gasteiger charge is -2.19. The predicted molar refractivity (Wildman–Crippen MR) is 84.6 cm³/mol. The highest BCUT2D eigenvalue weighted by atomic mass is 32.2. The van der Waals surface area contributed by atoms with Gasteiger partial charge in [0.15, 0.2) is 0 Å². The highest BCUT2D eigenvalue weighted by Gasteiger charge is 2.18. The highest BCUT2D eigenvalue weighted by Crippen LogP contribution is 2.19. The maximum Gasteiger partial charge on any atom is 0.242 e. The molecule has 0 spiro atoms. The first-order valence-electron chi connectivity index (χ1n) is 7.15. The topological polar surface area (TPSA) is 69.6 Å². The maximum absolute atomic E-state index is 12.1. The van der Waals surface area contributed by atoms with Crippen molar-refractivity contribution >= 4 is 10.0 Å². The number of nitrogens with zero attached hydrogens (tertiary/aromatic N) is 1. The van der Waals surface area contributed by atoms with Crippen LogP contribution in [-0.2, 0) is 10.0 Å². The Bertz CT molecular complexity index is 544. The molecule has 0 bridgehead atoms. The minimum Gasteiger partial charge on any atom is -0.396 e. The van der Waals surface area contributed by atoms with E-state index in [0.717, 1.165) is 18.5 Å². The minimum absolute atomic E-state index is 0.0588. The number of sulfonamides is 1. The number of nitrogens with one attached hydrogen (secondary N) is 1. The zero-order valence-corrected chi connectivity index (χ0v) is 14.0. The van der Waals surface area contributed by atoms with Crippen LogP contribution in [0, 0.1) is 5.92 Å². The van der Waals surface area contributed by atoms with Crippen molar-refractivity contribution in [3.8, 4) is 0 Å². The van der Waals surface area contributed by atoms with Crippen molar-refractivity contribution < 1.29 is 13.5 Å². The van der Waals surface area contributed by atoms with Gasteiger partial charge in [-0.2, -0.15) is 0 Å². The van der Waals surface area contributed by atoms with E-state index in [0.29, 0.717) is 10.8 Å². The number of aliphatic hydroxyl groups is 1. The molecule has 2 atom stereocenters. The first-order valence-corrected chi connectivity index (χ1v) is 8.59. The summed E-state index contributed by atoms with van der Waals surface area (Å²) in [5.41, 5.74) is 0.939. The average molecular weight is 314 g/mol. The van der Waals surface area contributed by atoms with Gasteiger partial charge in [-0.25, -0.2) is 12.7 Å². The van der Waals surface area contributed by atoms with Crippen LogP contribution in [0.3, 0.4) is 0 Å². The van der Waals surface area contributed by atoms with Crippen molar-refractivity contribution in [1.82, 2.24) is 9.62 Å². The molecule has 1 aromatic carbocycles. The molecule has 0 saturated heterocycles. The number of rotatable bonds is 8. The summed E-state index contributed by atoms with van der Waals surface area (Å²) < 4.78 is 25.5. The van der Waals surface area contributed by atoms with Crippen LogP contribution in [-0.4, -0.2) is 45.1 Å². The number of hydrogen-bond donors (Lipinski definition) is 2. The summed E-state index contributed by atoms with van der Waals surface area (Å²) in [4.78, 5) is 0.307. The van der Waals surface area contributed by atoms with Crippen molar-refractivity contribution in [2.75, 3.05) is 27.2 Å². The number of hydrogen-bond acceptors (Lipinski definition) is 4. The fraction of sp³-hybridized carbons (Fsp3) is 0.600. The molecule has 2 unspecified atom stereocenters. The van der Waals surface area contributed by atoms with Crippen LogP contribution in [0.1, 0.15) is 31.9 Å². The third-order valence-electron chi connectivity index (χ3n) is 3.53. The Morgan fingerprint density at radius 2 is 1.95 bits per heavy atom. The van der Waals surface area contributed by atoms with Crippen molar-refractivity contribution in [2.45, 2.75) is 31.2 Å². The molecule has 6 heteroatoms. The van der Waals surface area contributed by atoms with E-state index >= 15 is 0 Å². The molecule has 120 valence electrons. The van der Waals surface area contributed by atoms with Crippen molar-refractivity contribution in [1.29, 1.82) is 0 Å². The van der Waals surface area contributed by atoms with Crippen LogP contribution in [0.25, 0.3) is 0 Å². The van der Waals surface area contributed by atoms with E-state index in [9.17, 15) is 8.42 Å². The fourth-order valence-electron chi connectivity index (χ4n) is 1.97. The van der Waals surface area contributed by atoms with E-state index in [2.05, 4.69) is 12.2 Å². The van der Waals surface area contributed by atoms with Crippen molar-refractivity contribution in [3.05, 3.63) is 29.8 Å². The molecule has 5 nitrogen and oxygen atoms in total. The third kappa shape index (κ3) is 5.07. The maximum atomic E-state index is 12.1. The summed E-state index contributed by atoms with van der Waals surface area (Å²) in [6, 6.07) is 7.07. The van der Waals surface area contributed by atoms with Gasteiger partial charge in [-0.05, 0) is 43.5 Å². The zero-order chi connectivity index (χ0) is 16.0. The van der Waals surface area contributed by atoms with Gasteiger partial charge in [0.25, 0.3) is 0 Å². The van der Waals surface area contributed by atoms with Gasteiger partial charge in [0.1, 0.15) is 0 Å². The SMILES string of the molecule is CC(CCO)CNC(C)c1cccc(S(=O)(=O)N(C)C)c1. The van der Waals surface area contributed by atoms with Gasteiger partial charge in [-0.3, -0.25) is 0 Å². The smallest absolute Gasteiger partial charge is 0.242 e. The Kier molecular flexibility index (Phi) is 6.80. The first kappa shape index (κ1) is 18.1. The fourth-order valence-corrected chi connectivity index (χ4v) is 2.93. The summed E-state index contributed by atoms with van der Waals surface area (Å²) >= 11 is 0. The Balaban J connectivity index is 2.81. The second-order valence-electron chi connectivity index (χ2n) is 5.61. The molecule has 0 aliphatic rings. The summed E-state index contributed by atoms with van der Waals surface area (Å²) in [6.07, 6.45) is 0.759. The van der Waals surface area contributed by atoms with E-state index < -0.39 is 10.0 Å².